The Kier molecular flexibility index (Phi) is 7.79. The molecule has 3 saturated carbocycles. The molecule has 232 valence electrons. The third-order valence-corrected chi connectivity index (χ3v) is 11.3. The van der Waals surface area contributed by atoms with Gasteiger partial charge < -0.3 is 10.1 Å². The second kappa shape index (κ2) is 10.6. The number of halogens is 6. The van der Waals surface area contributed by atoms with Gasteiger partial charge in [-0.25, -0.2) is 0 Å². The molecule has 0 aliphatic heterocycles. The number of hydrogen-bond acceptors (Lipinski definition) is 3. The standard InChI is InChI=1S/C32H39F6NO3/c1-17(39-28(41)19-13-21(31(33,34)35)15-22(14-19)32(36,37)38)25-7-8-26-24-6-5-20-16-23(42-18(2)40)9-11-29(20,3)27(24)10-12-30(25,26)4/h5,13-15,17,23-27H,6-12,16H2,1-4H3,(H,39,41)/t17-,23-,24-,25+,26-,27-,29-,30+/m0/s1. The lowest BCUT2D eigenvalue weighted by molar-refractivity contribution is -0.149. The van der Waals surface area contributed by atoms with Crippen LogP contribution in [0.25, 0.3) is 0 Å². The molecule has 0 heterocycles. The summed E-state index contributed by atoms with van der Waals surface area (Å²) in [4.78, 5) is 24.6. The Balaban J connectivity index is 1.32. The van der Waals surface area contributed by atoms with Gasteiger partial charge in [-0.1, -0.05) is 25.5 Å². The third-order valence-electron chi connectivity index (χ3n) is 11.3. The van der Waals surface area contributed by atoms with E-state index < -0.39 is 41.0 Å². The maximum Gasteiger partial charge on any atom is 0.416 e. The smallest absolute Gasteiger partial charge is 0.416 e. The fraction of sp³-hybridized carbons (Fsp3) is 0.688. The van der Waals surface area contributed by atoms with Crippen molar-refractivity contribution in [1.29, 1.82) is 0 Å². The highest BCUT2D eigenvalue weighted by molar-refractivity contribution is 5.94. The molecule has 0 spiro atoms. The summed E-state index contributed by atoms with van der Waals surface area (Å²) in [7, 11) is 0. The van der Waals surface area contributed by atoms with Crippen LogP contribution in [0.3, 0.4) is 0 Å². The van der Waals surface area contributed by atoms with E-state index in [-0.39, 0.29) is 34.9 Å². The first kappa shape index (κ1) is 30.9. The molecule has 4 aliphatic carbocycles. The van der Waals surface area contributed by atoms with E-state index in [4.69, 9.17) is 4.74 Å². The maximum absolute atomic E-state index is 13.4. The Hall–Kier alpha value is -2.52. The summed E-state index contributed by atoms with van der Waals surface area (Å²) >= 11 is 0. The van der Waals surface area contributed by atoms with Crippen molar-refractivity contribution in [2.75, 3.05) is 0 Å². The van der Waals surface area contributed by atoms with Gasteiger partial charge in [0.15, 0.2) is 0 Å². The lowest BCUT2D eigenvalue weighted by Crippen LogP contribution is -2.52. The van der Waals surface area contributed by atoms with E-state index in [9.17, 15) is 35.9 Å². The minimum atomic E-state index is -5.02. The molecule has 1 aromatic carbocycles. The van der Waals surface area contributed by atoms with Gasteiger partial charge in [-0.2, -0.15) is 26.3 Å². The van der Waals surface area contributed by atoms with Gasteiger partial charge in [0.25, 0.3) is 5.91 Å². The second-order valence-electron chi connectivity index (χ2n) is 13.5. The van der Waals surface area contributed by atoms with Crippen LogP contribution in [-0.2, 0) is 21.9 Å². The van der Waals surface area contributed by atoms with Crippen LogP contribution in [0.1, 0.15) is 101 Å². The Bertz CT molecular complexity index is 1240. The summed E-state index contributed by atoms with van der Waals surface area (Å²) in [5.41, 5.74) is -2.30. The normalized spacial score (nSPS) is 35.3. The molecule has 4 nitrogen and oxygen atoms in total. The molecular weight excluding hydrogens is 560 g/mol. The zero-order valence-corrected chi connectivity index (χ0v) is 24.4. The molecule has 1 amide bonds. The Labute approximate surface area is 242 Å². The molecule has 5 rings (SSSR count). The molecule has 1 N–H and O–H groups in total. The summed E-state index contributed by atoms with van der Waals surface area (Å²) in [5, 5.41) is 2.77. The number of nitrogens with one attached hydrogen (secondary N) is 1. The zero-order chi connectivity index (χ0) is 30.8. The van der Waals surface area contributed by atoms with E-state index in [0.29, 0.717) is 29.9 Å². The van der Waals surface area contributed by atoms with Crippen molar-refractivity contribution in [1.82, 2.24) is 5.32 Å². The summed E-state index contributed by atoms with van der Waals surface area (Å²) in [6, 6.07) is 0.598. The maximum atomic E-state index is 13.4. The van der Waals surface area contributed by atoms with Crippen LogP contribution in [0.4, 0.5) is 26.3 Å². The van der Waals surface area contributed by atoms with Crippen molar-refractivity contribution in [3.8, 4) is 0 Å². The molecular formula is C32H39F6NO3. The van der Waals surface area contributed by atoms with Crippen molar-refractivity contribution in [3.63, 3.8) is 0 Å². The fourth-order valence-corrected chi connectivity index (χ4v) is 9.30. The van der Waals surface area contributed by atoms with E-state index in [1.165, 1.54) is 12.5 Å². The minimum absolute atomic E-state index is 0.0363. The average Bonchev–Trinajstić information content (AvgIpc) is 3.24. The van der Waals surface area contributed by atoms with Crippen molar-refractivity contribution < 1.29 is 40.7 Å². The number of rotatable bonds is 4. The molecule has 10 heteroatoms. The van der Waals surface area contributed by atoms with Gasteiger partial charge in [-0.3, -0.25) is 9.59 Å². The molecule has 0 saturated heterocycles. The van der Waals surface area contributed by atoms with Crippen LogP contribution >= 0.6 is 0 Å². The van der Waals surface area contributed by atoms with Crippen LogP contribution in [0.2, 0.25) is 0 Å². The number of amides is 1. The van der Waals surface area contributed by atoms with Gasteiger partial charge in [-0.05, 0) is 105 Å². The number of carbonyl (C=O) groups is 2. The molecule has 4 aliphatic rings. The number of benzene rings is 1. The number of esters is 1. The van der Waals surface area contributed by atoms with E-state index in [2.05, 4.69) is 25.2 Å². The highest BCUT2D eigenvalue weighted by atomic mass is 19.4. The number of ether oxygens (including phenoxy) is 1. The predicted molar refractivity (Wildman–Crippen MR) is 144 cm³/mol. The van der Waals surface area contributed by atoms with Crippen molar-refractivity contribution in [3.05, 3.63) is 46.5 Å². The van der Waals surface area contributed by atoms with Gasteiger partial charge in [0.2, 0.25) is 0 Å². The summed E-state index contributed by atoms with van der Waals surface area (Å²) in [6.45, 7) is 7.86. The monoisotopic (exact) mass is 599 g/mol. The Morgan fingerprint density at radius 2 is 1.57 bits per heavy atom. The SMILES string of the molecule is CC(=O)O[C@H]1CC[C@@]2(C)C(=CC[C@H]3[C@@H]4CC[C@H]([C@H](C)NC(=O)c5cc(C(F)(F)F)cc(C(F)(F)F)c5)[C@@]4(C)CC[C@@H]32)C1. The van der Waals surface area contributed by atoms with Crippen LogP contribution in [0, 0.1) is 34.5 Å². The molecule has 8 atom stereocenters. The minimum Gasteiger partial charge on any atom is -0.462 e. The van der Waals surface area contributed by atoms with Crippen LogP contribution in [-0.4, -0.2) is 24.0 Å². The van der Waals surface area contributed by atoms with Gasteiger partial charge >= 0.3 is 18.3 Å². The van der Waals surface area contributed by atoms with Crippen molar-refractivity contribution in [2.24, 2.45) is 34.5 Å². The first-order valence-corrected chi connectivity index (χ1v) is 14.9. The van der Waals surface area contributed by atoms with E-state index in [1.54, 1.807) is 0 Å². The Morgan fingerprint density at radius 1 is 0.929 bits per heavy atom. The molecule has 3 fully saturated rings. The summed E-state index contributed by atoms with van der Waals surface area (Å²) in [5.74, 6) is 0.252. The predicted octanol–water partition coefficient (Wildman–Crippen LogP) is 8.35. The van der Waals surface area contributed by atoms with Crippen LogP contribution in [0.5, 0.6) is 0 Å². The molecule has 42 heavy (non-hydrogen) atoms. The van der Waals surface area contributed by atoms with Crippen molar-refractivity contribution in [2.45, 2.75) is 104 Å². The average molecular weight is 600 g/mol. The number of allylic oxidation sites excluding steroid dienone is 1. The zero-order valence-electron chi connectivity index (χ0n) is 24.4. The lowest BCUT2D eigenvalue weighted by atomic mass is 9.47. The molecule has 1 aromatic rings. The van der Waals surface area contributed by atoms with Crippen LogP contribution in [0.15, 0.2) is 29.8 Å². The van der Waals surface area contributed by atoms with Gasteiger partial charge in [0.1, 0.15) is 6.10 Å². The number of carbonyl (C=O) groups excluding carboxylic acids is 2. The van der Waals surface area contributed by atoms with Crippen molar-refractivity contribution >= 4 is 11.9 Å². The molecule has 0 aromatic heterocycles. The first-order chi connectivity index (χ1) is 19.4. The van der Waals surface area contributed by atoms with E-state index >= 15 is 0 Å². The molecule has 0 bridgehead atoms. The fourth-order valence-electron chi connectivity index (χ4n) is 9.30. The first-order valence-electron chi connectivity index (χ1n) is 14.9. The molecule has 0 unspecified atom stereocenters. The third kappa shape index (κ3) is 5.47. The summed E-state index contributed by atoms with van der Waals surface area (Å²) < 4.78 is 85.7. The highest BCUT2D eigenvalue weighted by Gasteiger charge is 2.59. The number of hydrogen-bond donors (Lipinski definition) is 1. The second-order valence-corrected chi connectivity index (χ2v) is 13.5. The Morgan fingerprint density at radius 3 is 2.17 bits per heavy atom. The van der Waals surface area contributed by atoms with Gasteiger partial charge in [0.05, 0.1) is 11.1 Å². The highest BCUT2D eigenvalue weighted by Crippen LogP contribution is 2.66. The van der Waals surface area contributed by atoms with E-state index in [0.717, 1.165) is 51.4 Å². The quantitative estimate of drug-likeness (QED) is 0.215. The van der Waals surface area contributed by atoms with Crippen LogP contribution < -0.4 is 5.32 Å². The number of alkyl halides is 6. The molecule has 0 radical (unpaired) electrons. The summed E-state index contributed by atoms with van der Waals surface area (Å²) in [6.07, 6.45) is -0.448. The van der Waals surface area contributed by atoms with Gasteiger partial charge in [-0.15, -0.1) is 0 Å². The largest absolute Gasteiger partial charge is 0.462 e. The number of fused-ring (bicyclic) bond motifs is 5. The van der Waals surface area contributed by atoms with Gasteiger partial charge in [0, 0.05) is 24.9 Å². The topological polar surface area (TPSA) is 55.4 Å². The lowest BCUT2D eigenvalue weighted by Gasteiger charge is -2.58. The van der Waals surface area contributed by atoms with E-state index in [1.807, 2.05) is 6.92 Å².